The molecule has 3 aromatic rings. The lowest BCUT2D eigenvalue weighted by atomic mass is 10.2. The summed E-state index contributed by atoms with van der Waals surface area (Å²) in [7, 11) is 1.58. The van der Waals surface area contributed by atoms with Crippen LogP contribution in [-0.4, -0.2) is 19.8 Å². The monoisotopic (exact) mass is 283 g/mol. The van der Waals surface area contributed by atoms with Crippen molar-refractivity contribution >= 4 is 28.1 Å². The van der Waals surface area contributed by atoms with E-state index in [9.17, 15) is 10.2 Å². The van der Waals surface area contributed by atoms with Gasteiger partial charge in [-0.1, -0.05) is 6.07 Å². The Morgan fingerprint density at radius 1 is 1.14 bits per heavy atom. The van der Waals surface area contributed by atoms with Crippen LogP contribution in [0.5, 0.6) is 11.8 Å². The minimum atomic E-state index is -0.00554. The van der Waals surface area contributed by atoms with E-state index >= 15 is 0 Å². The van der Waals surface area contributed by atoms with Gasteiger partial charge >= 0.3 is 0 Å². The van der Waals surface area contributed by atoms with Crippen LogP contribution in [-0.2, 0) is 7.05 Å². The van der Waals surface area contributed by atoms with Crippen LogP contribution >= 0.6 is 0 Å². The lowest BCUT2D eigenvalue weighted by Gasteiger charge is -2.06. The maximum atomic E-state index is 9.97. The maximum absolute atomic E-state index is 9.97. The number of benzene rings is 1. The maximum Gasteiger partial charge on any atom is 0.201 e. The lowest BCUT2D eigenvalue weighted by Crippen LogP contribution is -1.92. The molecule has 0 aliphatic rings. The van der Waals surface area contributed by atoms with Gasteiger partial charge in [-0.25, -0.2) is 10.5 Å². The van der Waals surface area contributed by atoms with Crippen molar-refractivity contribution in [2.24, 2.45) is 12.2 Å². The molecule has 0 atom stereocenters. The highest BCUT2D eigenvalue weighted by Crippen LogP contribution is 2.36. The van der Waals surface area contributed by atoms with Crippen molar-refractivity contribution in [2.45, 2.75) is 0 Å². The number of aromatic nitrogens is 2. The number of anilines is 2. The standard InChI is InChI=1S/C14H13N5O2/c1-19-13(20)9-6-5-8(7-10(9)14(19)21)16-11-3-2-4-12(17-11)18-15/h2-7,15,20-21H,1H3,(H,16,17). The fourth-order valence-corrected chi connectivity index (χ4v) is 2.17. The minimum Gasteiger partial charge on any atom is -0.494 e. The van der Waals surface area contributed by atoms with Crippen LogP contribution < -0.4 is 5.32 Å². The van der Waals surface area contributed by atoms with Crippen LogP contribution in [0.15, 0.2) is 41.5 Å². The number of nitrogens with zero attached hydrogens (tertiary/aromatic N) is 3. The van der Waals surface area contributed by atoms with Crippen LogP contribution in [0.3, 0.4) is 0 Å². The second-order valence-corrected chi connectivity index (χ2v) is 4.58. The fraction of sp³-hybridized carbons (Fsp3) is 0.0714. The first-order chi connectivity index (χ1) is 10.1. The summed E-state index contributed by atoms with van der Waals surface area (Å²) in [5.41, 5.74) is 7.66. The van der Waals surface area contributed by atoms with E-state index in [2.05, 4.69) is 15.4 Å². The number of fused-ring (bicyclic) bond motifs is 1. The summed E-state index contributed by atoms with van der Waals surface area (Å²) in [6, 6.07) is 10.3. The van der Waals surface area contributed by atoms with Crippen LogP contribution in [0.2, 0.25) is 0 Å². The van der Waals surface area contributed by atoms with Crippen molar-refractivity contribution in [1.82, 2.24) is 9.55 Å². The molecule has 0 spiro atoms. The SMILES string of the molecule is Cn1c(O)c2ccc(Nc3cccc(N=N)n3)cc2c1O. The smallest absolute Gasteiger partial charge is 0.201 e. The van der Waals surface area contributed by atoms with Gasteiger partial charge < -0.3 is 15.5 Å². The fourth-order valence-electron chi connectivity index (χ4n) is 2.17. The molecule has 0 bridgehead atoms. The lowest BCUT2D eigenvalue weighted by molar-refractivity contribution is 0.391. The number of rotatable bonds is 3. The van der Waals surface area contributed by atoms with Gasteiger partial charge in [0, 0.05) is 23.5 Å². The zero-order valence-corrected chi connectivity index (χ0v) is 11.2. The van der Waals surface area contributed by atoms with Gasteiger partial charge in [0.1, 0.15) is 5.82 Å². The Balaban J connectivity index is 2.01. The quantitative estimate of drug-likeness (QED) is 0.553. The van der Waals surface area contributed by atoms with Crippen molar-refractivity contribution in [1.29, 1.82) is 5.53 Å². The Morgan fingerprint density at radius 2 is 1.90 bits per heavy atom. The second-order valence-electron chi connectivity index (χ2n) is 4.58. The van der Waals surface area contributed by atoms with Gasteiger partial charge in [-0.05, 0) is 30.3 Å². The van der Waals surface area contributed by atoms with Gasteiger partial charge in [0.25, 0.3) is 0 Å². The Labute approximate surface area is 120 Å². The van der Waals surface area contributed by atoms with Gasteiger partial charge in [0.15, 0.2) is 5.82 Å². The van der Waals surface area contributed by atoms with Crippen LogP contribution in [0.25, 0.3) is 10.8 Å². The van der Waals surface area contributed by atoms with Gasteiger partial charge in [0.2, 0.25) is 11.8 Å². The molecule has 21 heavy (non-hydrogen) atoms. The van der Waals surface area contributed by atoms with E-state index in [-0.39, 0.29) is 11.8 Å². The highest BCUT2D eigenvalue weighted by Gasteiger charge is 2.13. The Morgan fingerprint density at radius 3 is 2.67 bits per heavy atom. The van der Waals surface area contributed by atoms with Crippen molar-refractivity contribution in [2.75, 3.05) is 5.32 Å². The predicted octanol–water partition coefficient (Wildman–Crippen LogP) is 3.39. The molecule has 7 nitrogen and oxygen atoms in total. The summed E-state index contributed by atoms with van der Waals surface area (Å²) in [6.45, 7) is 0. The van der Waals surface area contributed by atoms with Crippen LogP contribution in [0, 0.1) is 5.53 Å². The Hall–Kier alpha value is -3.09. The van der Waals surface area contributed by atoms with E-state index < -0.39 is 0 Å². The van der Waals surface area contributed by atoms with E-state index in [0.717, 1.165) is 0 Å². The van der Waals surface area contributed by atoms with Crippen molar-refractivity contribution in [3.05, 3.63) is 36.4 Å². The van der Waals surface area contributed by atoms with Gasteiger partial charge in [0.05, 0.1) is 0 Å². The number of aromatic hydroxyl groups is 2. The highest BCUT2D eigenvalue weighted by molar-refractivity contribution is 5.95. The summed E-state index contributed by atoms with van der Waals surface area (Å²) < 4.78 is 1.31. The Bertz CT molecular complexity index is 841. The molecule has 2 aromatic heterocycles. The Kier molecular flexibility index (Phi) is 2.94. The van der Waals surface area contributed by atoms with E-state index in [0.29, 0.717) is 28.1 Å². The highest BCUT2D eigenvalue weighted by atomic mass is 16.3. The molecular weight excluding hydrogens is 270 g/mol. The number of nitrogens with one attached hydrogen (secondary N) is 2. The number of hydrogen-bond acceptors (Lipinski definition) is 6. The summed E-state index contributed by atoms with van der Waals surface area (Å²) in [5.74, 6) is 0.861. The average molecular weight is 283 g/mol. The van der Waals surface area contributed by atoms with E-state index in [4.69, 9.17) is 5.53 Å². The van der Waals surface area contributed by atoms with Gasteiger partial charge in [-0.15, -0.1) is 5.11 Å². The van der Waals surface area contributed by atoms with Crippen molar-refractivity contribution < 1.29 is 10.2 Å². The van der Waals surface area contributed by atoms with E-state index in [1.54, 1.807) is 43.4 Å². The molecule has 0 radical (unpaired) electrons. The topological polar surface area (TPSA) is 107 Å². The van der Waals surface area contributed by atoms with Crippen molar-refractivity contribution in [3.63, 3.8) is 0 Å². The van der Waals surface area contributed by atoms with Gasteiger partial charge in [-0.3, -0.25) is 4.57 Å². The molecule has 0 saturated heterocycles. The summed E-state index contributed by atoms with van der Waals surface area (Å²) in [5, 5.41) is 27.3. The van der Waals surface area contributed by atoms with E-state index in [1.165, 1.54) is 4.57 Å². The summed E-state index contributed by atoms with van der Waals surface area (Å²) >= 11 is 0. The molecule has 2 heterocycles. The number of hydrogen-bond donors (Lipinski definition) is 4. The molecule has 7 heteroatoms. The molecule has 3 rings (SSSR count). The van der Waals surface area contributed by atoms with Crippen molar-refractivity contribution in [3.8, 4) is 11.8 Å². The minimum absolute atomic E-state index is 0.00554. The molecule has 0 amide bonds. The summed E-state index contributed by atoms with van der Waals surface area (Å²) in [6.07, 6.45) is 0. The first-order valence-corrected chi connectivity index (χ1v) is 6.22. The third-order valence-electron chi connectivity index (χ3n) is 3.26. The average Bonchev–Trinajstić information content (AvgIpc) is 2.72. The zero-order valence-electron chi connectivity index (χ0n) is 11.2. The molecular formula is C14H13N5O2. The molecule has 0 fully saturated rings. The first-order valence-electron chi connectivity index (χ1n) is 6.22. The molecule has 0 unspecified atom stereocenters. The third-order valence-corrected chi connectivity index (χ3v) is 3.26. The summed E-state index contributed by atoms with van der Waals surface area (Å²) in [4.78, 5) is 4.13. The molecule has 106 valence electrons. The zero-order chi connectivity index (χ0) is 15.0. The van der Waals surface area contributed by atoms with Crippen LogP contribution in [0.1, 0.15) is 0 Å². The molecule has 4 N–H and O–H groups in total. The molecule has 1 aromatic carbocycles. The largest absolute Gasteiger partial charge is 0.494 e. The molecule has 0 saturated carbocycles. The van der Waals surface area contributed by atoms with E-state index in [1.807, 2.05) is 0 Å². The predicted molar refractivity (Wildman–Crippen MR) is 78.6 cm³/mol. The second kappa shape index (κ2) is 4.78. The number of pyridine rings is 1. The molecule has 0 aliphatic carbocycles. The first kappa shape index (κ1) is 12.9. The normalized spacial score (nSPS) is 10.7. The molecule has 0 aliphatic heterocycles. The van der Waals surface area contributed by atoms with Crippen LogP contribution in [0.4, 0.5) is 17.3 Å². The third kappa shape index (κ3) is 2.14. The van der Waals surface area contributed by atoms with Gasteiger partial charge in [-0.2, -0.15) is 0 Å².